The summed E-state index contributed by atoms with van der Waals surface area (Å²) in [5.74, 6) is 0.939. The van der Waals surface area contributed by atoms with Crippen LogP contribution in [0, 0.1) is 12.8 Å². The van der Waals surface area contributed by atoms with E-state index in [1.807, 2.05) is 20.8 Å². The molecule has 0 fully saturated rings. The lowest BCUT2D eigenvalue weighted by molar-refractivity contribution is 0.0718. The van der Waals surface area contributed by atoms with E-state index in [4.69, 9.17) is 9.57 Å². The molecule has 0 radical (unpaired) electrons. The fraction of sp³-hybridized carbons (Fsp3) is 0.538. The molecule has 1 aromatic rings. The van der Waals surface area contributed by atoms with Gasteiger partial charge in [0.25, 0.3) is 10.0 Å². The topological polar surface area (TPSA) is 64.6 Å². The van der Waals surface area contributed by atoms with Crippen molar-refractivity contribution in [3.63, 3.8) is 0 Å². The second-order valence-corrected chi connectivity index (χ2v) is 6.30. The number of hydrogen-bond acceptors (Lipinski definition) is 4. The maximum Gasteiger partial charge on any atom is 0.262 e. The molecule has 0 saturated carbocycles. The Balaban J connectivity index is 2.81. The number of rotatable bonds is 7. The first kappa shape index (κ1) is 15.9. The SMILES string of the molecule is CCOc1ccc(S(=O)(=O)NOCC(C)C)cc1C. The molecule has 0 spiro atoms. The third-order valence-corrected chi connectivity index (χ3v) is 3.55. The van der Waals surface area contributed by atoms with E-state index in [1.54, 1.807) is 19.1 Å². The van der Waals surface area contributed by atoms with E-state index < -0.39 is 10.0 Å². The van der Waals surface area contributed by atoms with E-state index >= 15 is 0 Å². The number of sulfonamides is 1. The number of benzene rings is 1. The molecular formula is C13H21NO4S. The Bertz CT molecular complexity index is 511. The van der Waals surface area contributed by atoms with Crippen molar-refractivity contribution < 1.29 is 18.0 Å². The third kappa shape index (κ3) is 4.81. The molecule has 0 amide bonds. The zero-order valence-corrected chi connectivity index (χ0v) is 12.6. The van der Waals surface area contributed by atoms with Gasteiger partial charge in [0.15, 0.2) is 0 Å². The van der Waals surface area contributed by atoms with Crippen molar-refractivity contribution in [2.24, 2.45) is 5.92 Å². The summed E-state index contributed by atoms with van der Waals surface area (Å²) >= 11 is 0. The maximum atomic E-state index is 12.0. The second-order valence-electron chi connectivity index (χ2n) is 4.65. The van der Waals surface area contributed by atoms with Gasteiger partial charge in [0.2, 0.25) is 0 Å². The molecule has 0 saturated heterocycles. The normalized spacial score (nSPS) is 11.8. The van der Waals surface area contributed by atoms with Gasteiger partial charge in [-0.2, -0.15) is 0 Å². The standard InChI is InChI=1S/C13H21NO4S/c1-5-17-13-7-6-12(8-11(13)4)19(15,16)14-18-9-10(2)3/h6-8,10,14H,5,9H2,1-4H3. The van der Waals surface area contributed by atoms with Gasteiger partial charge in [-0.05, 0) is 43.5 Å². The summed E-state index contributed by atoms with van der Waals surface area (Å²) in [6.45, 7) is 8.44. The average molecular weight is 287 g/mol. The van der Waals surface area contributed by atoms with Crippen LogP contribution in [0.3, 0.4) is 0 Å². The van der Waals surface area contributed by atoms with Gasteiger partial charge in [0.05, 0.1) is 18.1 Å². The van der Waals surface area contributed by atoms with Crippen molar-refractivity contribution in [1.29, 1.82) is 0 Å². The summed E-state index contributed by atoms with van der Waals surface area (Å²) in [6.07, 6.45) is 0. The molecule has 0 bridgehead atoms. The van der Waals surface area contributed by atoms with Gasteiger partial charge in [0, 0.05) is 0 Å². The summed E-state index contributed by atoms with van der Waals surface area (Å²) in [5, 5.41) is 0. The minimum Gasteiger partial charge on any atom is -0.494 e. The van der Waals surface area contributed by atoms with E-state index in [2.05, 4.69) is 4.89 Å². The summed E-state index contributed by atoms with van der Waals surface area (Å²) in [6, 6.07) is 4.71. The lowest BCUT2D eigenvalue weighted by Crippen LogP contribution is -2.26. The van der Waals surface area contributed by atoms with Crippen molar-refractivity contribution in [3.05, 3.63) is 23.8 Å². The first-order valence-electron chi connectivity index (χ1n) is 6.24. The minimum atomic E-state index is -3.64. The molecule has 0 aromatic heterocycles. The van der Waals surface area contributed by atoms with Crippen LogP contribution < -0.4 is 9.62 Å². The summed E-state index contributed by atoms with van der Waals surface area (Å²) in [7, 11) is -3.64. The fourth-order valence-electron chi connectivity index (χ4n) is 1.43. The van der Waals surface area contributed by atoms with Crippen LogP contribution in [-0.4, -0.2) is 21.6 Å². The van der Waals surface area contributed by atoms with E-state index in [-0.39, 0.29) is 10.8 Å². The van der Waals surface area contributed by atoms with Crippen molar-refractivity contribution in [1.82, 2.24) is 4.89 Å². The van der Waals surface area contributed by atoms with Gasteiger partial charge < -0.3 is 4.74 Å². The molecule has 0 aliphatic rings. The lowest BCUT2D eigenvalue weighted by atomic mass is 10.2. The molecule has 0 aliphatic heterocycles. The molecule has 0 heterocycles. The van der Waals surface area contributed by atoms with Crippen LogP contribution in [-0.2, 0) is 14.9 Å². The largest absolute Gasteiger partial charge is 0.494 e. The summed E-state index contributed by atoms with van der Waals surface area (Å²) < 4.78 is 29.3. The van der Waals surface area contributed by atoms with Crippen LogP contribution in [0.5, 0.6) is 5.75 Å². The first-order chi connectivity index (χ1) is 8.86. The Morgan fingerprint density at radius 3 is 2.53 bits per heavy atom. The van der Waals surface area contributed by atoms with Crippen molar-refractivity contribution >= 4 is 10.0 Å². The molecule has 1 aromatic carbocycles. The van der Waals surface area contributed by atoms with Crippen molar-refractivity contribution in [3.8, 4) is 5.75 Å². The lowest BCUT2D eigenvalue weighted by Gasteiger charge is -2.11. The summed E-state index contributed by atoms with van der Waals surface area (Å²) in [5.41, 5.74) is 0.772. The van der Waals surface area contributed by atoms with Gasteiger partial charge in [-0.25, -0.2) is 8.42 Å². The van der Waals surface area contributed by atoms with E-state index in [9.17, 15) is 8.42 Å². The maximum absolute atomic E-state index is 12.0. The van der Waals surface area contributed by atoms with E-state index in [1.165, 1.54) is 6.07 Å². The Morgan fingerprint density at radius 2 is 2.00 bits per heavy atom. The number of aryl methyl sites for hydroxylation is 1. The molecule has 0 atom stereocenters. The van der Waals surface area contributed by atoms with Crippen LogP contribution in [0.2, 0.25) is 0 Å². The number of nitrogens with one attached hydrogen (secondary N) is 1. The quantitative estimate of drug-likeness (QED) is 0.781. The van der Waals surface area contributed by atoms with Gasteiger partial charge >= 0.3 is 0 Å². The van der Waals surface area contributed by atoms with Gasteiger partial charge in [-0.3, -0.25) is 4.84 Å². The highest BCUT2D eigenvalue weighted by Crippen LogP contribution is 2.21. The Kier molecular flexibility index (Phi) is 5.78. The minimum absolute atomic E-state index is 0.164. The number of hydrogen-bond donors (Lipinski definition) is 1. The highest BCUT2D eigenvalue weighted by Gasteiger charge is 2.15. The van der Waals surface area contributed by atoms with Crippen molar-refractivity contribution in [2.75, 3.05) is 13.2 Å². The zero-order valence-electron chi connectivity index (χ0n) is 11.8. The Labute approximate surface area is 114 Å². The van der Waals surface area contributed by atoms with Crippen LogP contribution in [0.25, 0.3) is 0 Å². The summed E-state index contributed by atoms with van der Waals surface area (Å²) in [4.78, 5) is 7.24. The smallest absolute Gasteiger partial charge is 0.262 e. The number of ether oxygens (including phenoxy) is 1. The highest BCUT2D eigenvalue weighted by atomic mass is 32.2. The molecule has 5 nitrogen and oxygen atoms in total. The Hall–Kier alpha value is -1.11. The van der Waals surface area contributed by atoms with Gasteiger partial charge in [0.1, 0.15) is 5.75 Å². The molecule has 108 valence electrons. The van der Waals surface area contributed by atoms with E-state index in [0.29, 0.717) is 19.0 Å². The highest BCUT2D eigenvalue weighted by molar-refractivity contribution is 7.89. The van der Waals surface area contributed by atoms with Gasteiger partial charge in [-0.1, -0.05) is 18.7 Å². The monoisotopic (exact) mass is 287 g/mol. The molecule has 1 rings (SSSR count). The Morgan fingerprint density at radius 1 is 1.32 bits per heavy atom. The van der Waals surface area contributed by atoms with Crippen LogP contribution in [0.4, 0.5) is 0 Å². The molecular weight excluding hydrogens is 266 g/mol. The van der Waals surface area contributed by atoms with Crippen LogP contribution in [0.15, 0.2) is 23.1 Å². The third-order valence-electron chi connectivity index (χ3n) is 2.34. The predicted molar refractivity (Wildman–Crippen MR) is 73.5 cm³/mol. The van der Waals surface area contributed by atoms with Gasteiger partial charge in [-0.15, -0.1) is 0 Å². The van der Waals surface area contributed by atoms with Crippen LogP contribution in [0.1, 0.15) is 26.3 Å². The molecule has 19 heavy (non-hydrogen) atoms. The average Bonchev–Trinajstić information content (AvgIpc) is 2.31. The van der Waals surface area contributed by atoms with Crippen molar-refractivity contribution in [2.45, 2.75) is 32.6 Å². The molecule has 0 aliphatic carbocycles. The zero-order chi connectivity index (χ0) is 14.5. The predicted octanol–water partition coefficient (Wildman–Crippen LogP) is 2.26. The second kappa shape index (κ2) is 6.88. The molecule has 0 unspecified atom stereocenters. The first-order valence-corrected chi connectivity index (χ1v) is 7.72. The molecule has 6 heteroatoms. The molecule has 1 N–H and O–H groups in total. The van der Waals surface area contributed by atoms with E-state index in [0.717, 1.165) is 5.56 Å². The van der Waals surface area contributed by atoms with Crippen LogP contribution >= 0.6 is 0 Å². The fourth-order valence-corrected chi connectivity index (χ4v) is 2.33.